The van der Waals surface area contributed by atoms with Crippen LogP contribution in [0.1, 0.15) is 28.8 Å². The topological polar surface area (TPSA) is 57.3 Å². The van der Waals surface area contributed by atoms with Crippen LogP contribution in [0.4, 0.5) is 22.9 Å². The first-order chi connectivity index (χ1) is 13.7. The summed E-state index contributed by atoms with van der Waals surface area (Å²) < 4.78 is 0. The Hall–Kier alpha value is -3.34. The second kappa shape index (κ2) is 8.13. The minimum atomic E-state index is -0.158. The summed E-state index contributed by atoms with van der Waals surface area (Å²) in [6, 6.07) is 19.7. The minimum Gasteiger partial charge on any atom is -0.372 e. The van der Waals surface area contributed by atoms with Crippen LogP contribution >= 0.6 is 0 Å². The van der Waals surface area contributed by atoms with E-state index in [1.807, 2.05) is 31.2 Å². The summed E-state index contributed by atoms with van der Waals surface area (Å²) in [6.45, 7) is 4.26. The van der Waals surface area contributed by atoms with Crippen molar-refractivity contribution in [1.29, 1.82) is 0 Å². The lowest BCUT2D eigenvalue weighted by Gasteiger charge is -2.18. The monoisotopic (exact) mass is 372 g/mol. The van der Waals surface area contributed by atoms with Gasteiger partial charge in [-0.2, -0.15) is 0 Å². The van der Waals surface area contributed by atoms with E-state index in [-0.39, 0.29) is 5.91 Å². The molecule has 4 rings (SSSR count). The normalized spacial score (nSPS) is 13.4. The molecule has 0 atom stereocenters. The van der Waals surface area contributed by atoms with Crippen molar-refractivity contribution in [3.05, 3.63) is 78.0 Å². The largest absolute Gasteiger partial charge is 0.372 e. The molecule has 1 aliphatic rings. The molecule has 1 fully saturated rings. The average Bonchev–Trinajstić information content (AvgIpc) is 3.25. The van der Waals surface area contributed by atoms with E-state index in [0.717, 1.165) is 30.0 Å². The van der Waals surface area contributed by atoms with Gasteiger partial charge in [-0.3, -0.25) is 4.79 Å². The number of rotatable bonds is 5. The number of hydrogen-bond donors (Lipinski definition) is 2. The summed E-state index contributed by atoms with van der Waals surface area (Å²) in [7, 11) is 0. The highest BCUT2D eigenvalue weighted by Crippen LogP contribution is 2.24. The lowest BCUT2D eigenvalue weighted by Crippen LogP contribution is -2.17. The van der Waals surface area contributed by atoms with Gasteiger partial charge in [0.1, 0.15) is 5.82 Å². The molecular weight excluding hydrogens is 348 g/mol. The van der Waals surface area contributed by atoms with Crippen LogP contribution < -0.4 is 15.5 Å². The molecule has 0 spiro atoms. The van der Waals surface area contributed by atoms with Crippen molar-refractivity contribution in [2.24, 2.45) is 0 Å². The Morgan fingerprint density at radius 1 is 0.964 bits per heavy atom. The zero-order valence-corrected chi connectivity index (χ0v) is 16.0. The van der Waals surface area contributed by atoms with Gasteiger partial charge >= 0.3 is 0 Å². The predicted octanol–water partition coefficient (Wildman–Crippen LogP) is 4.99. The van der Waals surface area contributed by atoms with Gasteiger partial charge in [0, 0.05) is 30.0 Å². The van der Waals surface area contributed by atoms with Crippen molar-refractivity contribution in [3.8, 4) is 0 Å². The van der Waals surface area contributed by atoms with E-state index < -0.39 is 0 Å². The number of nitrogens with zero attached hydrogens (tertiary/aromatic N) is 2. The van der Waals surface area contributed by atoms with E-state index in [9.17, 15) is 4.79 Å². The SMILES string of the molecule is Cc1cccc(C(=O)Nc2ccc(Nc3ccc(N4CCCC4)cc3)cn2)c1. The molecule has 0 aliphatic carbocycles. The third-order valence-electron chi connectivity index (χ3n) is 4.91. The number of amides is 1. The number of carbonyl (C=O) groups is 1. The van der Waals surface area contributed by atoms with Gasteiger partial charge in [-0.05, 0) is 68.3 Å². The van der Waals surface area contributed by atoms with Gasteiger partial charge in [0.15, 0.2) is 0 Å². The van der Waals surface area contributed by atoms with E-state index >= 15 is 0 Å². The molecule has 28 heavy (non-hydrogen) atoms. The average molecular weight is 372 g/mol. The summed E-state index contributed by atoms with van der Waals surface area (Å²) in [5.74, 6) is 0.371. The fraction of sp³-hybridized carbons (Fsp3) is 0.217. The number of aryl methyl sites for hydroxylation is 1. The maximum Gasteiger partial charge on any atom is 0.256 e. The number of anilines is 4. The molecule has 0 saturated carbocycles. The Morgan fingerprint density at radius 2 is 1.71 bits per heavy atom. The maximum absolute atomic E-state index is 12.3. The fourth-order valence-electron chi connectivity index (χ4n) is 3.41. The van der Waals surface area contributed by atoms with Crippen LogP contribution in [0.25, 0.3) is 0 Å². The van der Waals surface area contributed by atoms with Crippen molar-refractivity contribution in [2.45, 2.75) is 19.8 Å². The number of pyridine rings is 1. The van der Waals surface area contributed by atoms with Crippen molar-refractivity contribution in [3.63, 3.8) is 0 Å². The standard InChI is InChI=1S/C23H24N4O/c1-17-5-4-6-18(15-17)23(28)26-22-12-9-20(16-24-22)25-19-7-10-21(11-8-19)27-13-2-3-14-27/h4-12,15-16,25H,2-3,13-14H2,1H3,(H,24,26,28). The van der Waals surface area contributed by atoms with Gasteiger partial charge in [-0.25, -0.2) is 4.98 Å². The third kappa shape index (κ3) is 4.31. The molecule has 3 aromatic rings. The van der Waals surface area contributed by atoms with E-state index in [1.165, 1.54) is 18.5 Å². The Bertz CT molecular complexity index is 945. The predicted molar refractivity (Wildman–Crippen MR) is 115 cm³/mol. The van der Waals surface area contributed by atoms with Gasteiger partial charge in [0.25, 0.3) is 5.91 Å². The Labute approximate surface area is 165 Å². The van der Waals surface area contributed by atoms with E-state index in [1.54, 1.807) is 18.3 Å². The van der Waals surface area contributed by atoms with Gasteiger partial charge in [-0.15, -0.1) is 0 Å². The first kappa shape index (κ1) is 18.0. The van der Waals surface area contributed by atoms with Crippen LogP contribution in [0.2, 0.25) is 0 Å². The molecule has 1 aliphatic heterocycles. The van der Waals surface area contributed by atoms with Crippen LogP contribution in [0.3, 0.4) is 0 Å². The maximum atomic E-state index is 12.3. The van der Waals surface area contributed by atoms with Gasteiger partial charge in [0.2, 0.25) is 0 Å². The number of aromatic nitrogens is 1. The highest BCUT2D eigenvalue weighted by atomic mass is 16.1. The van der Waals surface area contributed by atoms with Crippen molar-refractivity contribution in [1.82, 2.24) is 4.98 Å². The number of benzene rings is 2. The molecule has 1 amide bonds. The summed E-state index contributed by atoms with van der Waals surface area (Å²) in [6.07, 6.45) is 4.27. The summed E-state index contributed by atoms with van der Waals surface area (Å²) >= 11 is 0. The molecule has 1 aromatic heterocycles. The quantitative estimate of drug-likeness (QED) is 0.663. The number of nitrogens with one attached hydrogen (secondary N) is 2. The second-order valence-corrected chi connectivity index (χ2v) is 7.12. The molecule has 0 bridgehead atoms. The minimum absolute atomic E-state index is 0.158. The molecule has 142 valence electrons. The fourth-order valence-corrected chi connectivity index (χ4v) is 3.41. The van der Waals surface area contributed by atoms with Crippen molar-refractivity contribution in [2.75, 3.05) is 28.6 Å². The second-order valence-electron chi connectivity index (χ2n) is 7.12. The smallest absolute Gasteiger partial charge is 0.256 e. The van der Waals surface area contributed by atoms with E-state index in [0.29, 0.717) is 11.4 Å². The van der Waals surface area contributed by atoms with Gasteiger partial charge in [0.05, 0.1) is 11.9 Å². The highest BCUT2D eigenvalue weighted by molar-refractivity contribution is 6.03. The third-order valence-corrected chi connectivity index (χ3v) is 4.91. The lowest BCUT2D eigenvalue weighted by atomic mass is 10.1. The van der Waals surface area contributed by atoms with Crippen LogP contribution in [0.5, 0.6) is 0 Å². The molecule has 1 saturated heterocycles. The van der Waals surface area contributed by atoms with E-state index in [2.05, 4.69) is 44.8 Å². The molecule has 2 heterocycles. The summed E-state index contributed by atoms with van der Waals surface area (Å²) in [5, 5.41) is 6.18. The summed E-state index contributed by atoms with van der Waals surface area (Å²) in [4.78, 5) is 19.1. The molecule has 2 N–H and O–H groups in total. The first-order valence-corrected chi connectivity index (χ1v) is 9.63. The molecule has 5 heteroatoms. The zero-order valence-electron chi connectivity index (χ0n) is 16.0. The van der Waals surface area contributed by atoms with Crippen molar-refractivity contribution < 1.29 is 4.79 Å². The van der Waals surface area contributed by atoms with Gasteiger partial charge in [-0.1, -0.05) is 17.7 Å². The molecule has 2 aromatic carbocycles. The van der Waals surface area contributed by atoms with Gasteiger partial charge < -0.3 is 15.5 Å². The zero-order chi connectivity index (χ0) is 19.3. The Morgan fingerprint density at radius 3 is 2.39 bits per heavy atom. The van der Waals surface area contributed by atoms with Crippen LogP contribution in [-0.2, 0) is 0 Å². The number of hydrogen-bond acceptors (Lipinski definition) is 4. The molecule has 0 unspecified atom stereocenters. The summed E-state index contributed by atoms with van der Waals surface area (Å²) in [5.41, 5.74) is 4.84. The molecular formula is C23H24N4O. The van der Waals surface area contributed by atoms with Crippen LogP contribution in [-0.4, -0.2) is 24.0 Å². The molecule has 5 nitrogen and oxygen atoms in total. The van der Waals surface area contributed by atoms with E-state index in [4.69, 9.17) is 0 Å². The number of carbonyl (C=O) groups excluding carboxylic acids is 1. The van der Waals surface area contributed by atoms with Crippen molar-refractivity contribution >= 4 is 28.8 Å². The van der Waals surface area contributed by atoms with Crippen LogP contribution in [0, 0.1) is 6.92 Å². The highest BCUT2D eigenvalue weighted by Gasteiger charge is 2.12. The Balaban J connectivity index is 1.37. The lowest BCUT2D eigenvalue weighted by molar-refractivity contribution is 0.102. The Kier molecular flexibility index (Phi) is 5.24. The first-order valence-electron chi connectivity index (χ1n) is 9.63. The van der Waals surface area contributed by atoms with Crippen LogP contribution in [0.15, 0.2) is 66.9 Å². The molecule has 0 radical (unpaired) electrons.